The molecule has 2 saturated heterocycles. The van der Waals surface area contributed by atoms with Crippen LogP contribution in [0.4, 0.5) is 0 Å². The van der Waals surface area contributed by atoms with Crippen molar-refractivity contribution in [3.63, 3.8) is 0 Å². The molecule has 0 atom stereocenters. The fourth-order valence-corrected chi connectivity index (χ4v) is 4.53. The molecular weight excluding hydrogens is 366 g/mol. The van der Waals surface area contributed by atoms with E-state index in [0.29, 0.717) is 37.3 Å². The quantitative estimate of drug-likeness (QED) is 0.804. The van der Waals surface area contributed by atoms with Gasteiger partial charge in [-0.3, -0.25) is 14.6 Å². The van der Waals surface area contributed by atoms with Crippen molar-refractivity contribution in [2.45, 2.75) is 32.2 Å². The lowest BCUT2D eigenvalue weighted by atomic mass is 9.72. The molecule has 29 heavy (non-hydrogen) atoms. The highest BCUT2D eigenvalue weighted by Crippen LogP contribution is 2.40. The second kappa shape index (κ2) is 7.70. The molecule has 2 aromatic heterocycles. The Morgan fingerprint density at radius 2 is 2.07 bits per heavy atom. The highest BCUT2D eigenvalue weighted by molar-refractivity contribution is 5.93. The molecule has 0 aromatic carbocycles. The molecule has 0 bridgehead atoms. The van der Waals surface area contributed by atoms with Crippen LogP contribution in [0.3, 0.4) is 0 Å². The maximum absolute atomic E-state index is 12.9. The maximum Gasteiger partial charge on any atom is 0.270 e. The molecule has 0 saturated carbocycles. The number of hydrogen-bond acceptors (Lipinski definition) is 4. The first-order chi connectivity index (χ1) is 14.0. The van der Waals surface area contributed by atoms with Gasteiger partial charge in [-0.25, -0.2) is 0 Å². The summed E-state index contributed by atoms with van der Waals surface area (Å²) in [4.78, 5) is 33.5. The number of rotatable bonds is 3. The van der Waals surface area contributed by atoms with Gasteiger partial charge in [0.25, 0.3) is 5.91 Å². The lowest BCUT2D eigenvalue weighted by Gasteiger charge is -2.47. The Kier molecular flexibility index (Phi) is 5.10. The van der Waals surface area contributed by atoms with E-state index in [0.717, 1.165) is 31.5 Å². The molecule has 4 rings (SSSR count). The molecule has 0 aliphatic carbocycles. The molecule has 4 heterocycles. The van der Waals surface area contributed by atoms with Crippen molar-refractivity contribution in [1.29, 1.82) is 5.26 Å². The highest BCUT2D eigenvalue weighted by Gasteiger charge is 2.42. The van der Waals surface area contributed by atoms with Gasteiger partial charge in [0.2, 0.25) is 5.91 Å². The largest absolute Gasteiger partial charge is 0.345 e. The number of carbonyl (C=O) groups excluding carboxylic acids is 2. The Morgan fingerprint density at radius 3 is 2.72 bits per heavy atom. The number of nitriles is 1. The topological polar surface area (TPSA) is 82.2 Å². The molecule has 2 aliphatic heterocycles. The summed E-state index contributed by atoms with van der Waals surface area (Å²) in [5.74, 6) is 0.161. The molecular formula is C22H25N5O2. The van der Waals surface area contributed by atoms with E-state index in [1.165, 1.54) is 0 Å². The summed E-state index contributed by atoms with van der Waals surface area (Å²) in [6.45, 7) is 2.63. The summed E-state index contributed by atoms with van der Waals surface area (Å²) in [6.07, 6.45) is 6.66. The molecule has 7 nitrogen and oxygen atoms in total. The summed E-state index contributed by atoms with van der Waals surface area (Å²) in [5.41, 5.74) is 2.03. The third-order valence-corrected chi connectivity index (χ3v) is 6.29. The fraction of sp³-hybridized carbons (Fsp3) is 0.455. The van der Waals surface area contributed by atoms with Gasteiger partial charge in [-0.15, -0.1) is 0 Å². The lowest BCUT2D eigenvalue weighted by molar-refractivity contribution is -0.139. The molecule has 2 amide bonds. The Morgan fingerprint density at radius 1 is 1.28 bits per heavy atom. The number of aromatic nitrogens is 2. The lowest BCUT2D eigenvalue weighted by Crippen LogP contribution is -2.52. The third-order valence-electron chi connectivity index (χ3n) is 6.29. The Balaban J connectivity index is 1.41. The van der Waals surface area contributed by atoms with Crippen LogP contribution in [0.15, 0.2) is 36.7 Å². The van der Waals surface area contributed by atoms with E-state index in [9.17, 15) is 9.59 Å². The predicted molar refractivity (Wildman–Crippen MR) is 107 cm³/mol. The number of aryl methyl sites for hydroxylation is 1. The van der Waals surface area contributed by atoms with E-state index in [2.05, 4.69) is 11.1 Å². The smallest absolute Gasteiger partial charge is 0.270 e. The first-order valence-corrected chi connectivity index (χ1v) is 10.0. The standard InChI is InChI=1S/C22H25N5O2/c1-25-14-17(13-23)12-19(25)21(29)26-10-7-22(8-11-26)6-5-20(28)27(16-22)15-18-4-2-3-9-24-18/h2-4,9,12,14H,5-8,10-11,15-16H2,1H3. The minimum atomic E-state index is -0.0268. The van der Waals surface area contributed by atoms with Gasteiger partial charge < -0.3 is 14.4 Å². The molecule has 2 aromatic rings. The van der Waals surface area contributed by atoms with Crippen LogP contribution in [-0.2, 0) is 18.4 Å². The SMILES string of the molecule is Cn1cc(C#N)cc1C(=O)N1CCC2(CCC(=O)N(Cc3ccccn3)C2)CC1. The van der Waals surface area contributed by atoms with Crippen LogP contribution in [-0.4, -0.2) is 50.8 Å². The molecule has 0 unspecified atom stereocenters. The van der Waals surface area contributed by atoms with E-state index in [4.69, 9.17) is 5.26 Å². The van der Waals surface area contributed by atoms with Gasteiger partial charge in [-0.05, 0) is 42.9 Å². The van der Waals surface area contributed by atoms with Crippen molar-refractivity contribution >= 4 is 11.8 Å². The molecule has 7 heteroatoms. The van der Waals surface area contributed by atoms with Gasteiger partial charge in [0, 0.05) is 45.5 Å². The molecule has 2 aliphatic rings. The van der Waals surface area contributed by atoms with E-state index >= 15 is 0 Å². The van der Waals surface area contributed by atoms with Gasteiger partial charge in [0.05, 0.1) is 17.8 Å². The molecule has 150 valence electrons. The number of pyridine rings is 1. The molecule has 0 N–H and O–H groups in total. The summed E-state index contributed by atoms with van der Waals surface area (Å²) < 4.78 is 1.72. The van der Waals surface area contributed by atoms with Crippen molar-refractivity contribution in [2.75, 3.05) is 19.6 Å². The van der Waals surface area contributed by atoms with Crippen LogP contribution in [0, 0.1) is 16.7 Å². The van der Waals surface area contributed by atoms with Crippen LogP contribution in [0.1, 0.15) is 47.4 Å². The normalized spacial score (nSPS) is 18.7. The Hall–Kier alpha value is -3.14. The minimum absolute atomic E-state index is 0.0268. The number of nitrogens with zero attached hydrogens (tertiary/aromatic N) is 5. The van der Waals surface area contributed by atoms with Gasteiger partial charge >= 0.3 is 0 Å². The van der Waals surface area contributed by atoms with Gasteiger partial charge in [0.1, 0.15) is 11.8 Å². The predicted octanol–water partition coefficient (Wildman–Crippen LogP) is 2.34. The Bertz CT molecular complexity index is 951. The maximum atomic E-state index is 12.9. The van der Waals surface area contributed by atoms with Crippen LogP contribution in [0.25, 0.3) is 0 Å². The van der Waals surface area contributed by atoms with E-state index in [-0.39, 0.29) is 17.2 Å². The number of hydrogen-bond donors (Lipinski definition) is 0. The van der Waals surface area contributed by atoms with Crippen molar-refractivity contribution in [1.82, 2.24) is 19.4 Å². The summed E-state index contributed by atoms with van der Waals surface area (Å²) in [6, 6.07) is 9.51. The van der Waals surface area contributed by atoms with Crippen LogP contribution >= 0.6 is 0 Å². The minimum Gasteiger partial charge on any atom is -0.345 e. The van der Waals surface area contributed by atoms with Crippen LogP contribution in [0.5, 0.6) is 0 Å². The second-order valence-corrected chi connectivity index (χ2v) is 8.20. The van der Waals surface area contributed by atoms with E-state index < -0.39 is 0 Å². The average molecular weight is 391 g/mol. The summed E-state index contributed by atoms with van der Waals surface area (Å²) in [7, 11) is 1.79. The number of carbonyl (C=O) groups is 2. The number of likely N-dealkylation sites (tertiary alicyclic amines) is 2. The third kappa shape index (κ3) is 3.88. The second-order valence-electron chi connectivity index (χ2n) is 8.20. The number of piperidine rings is 2. The first-order valence-electron chi connectivity index (χ1n) is 10.0. The van der Waals surface area contributed by atoms with E-state index in [1.54, 1.807) is 30.1 Å². The zero-order valence-electron chi connectivity index (χ0n) is 16.7. The highest BCUT2D eigenvalue weighted by atomic mass is 16.2. The molecule has 0 radical (unpaired) electrons. The van der Waals surface area contributed by atoms with Crippen LogP contribution < -0.4 is 0 Å². The first kappa shape index (κ1) is 19.2. The Labute approximate surface area is 170 Å². The number of amides is 2. The fourth-order valence-electron chi connectivity index (χ4n) is 4.53. The zero-order valence-corrected chi connectivity index (χ0v) is 16.7. The monoisotopic (exact) mass is 391 g/mol. The summed E-state index contributed by atoms with van der Waals surface area (Å²) in [5, 5.41) is 9.06. The van der Waals surface area contributed by atoms with Gasteiger partial charge in [0.15, 0.2) is 0 Å². The van der Waals surface area contributed by atoms with Crippen molar-refractivity contribution in [3.05, 3.63) is 53.6 Å². The van der Waals surface area contributed by atoms with Gasteiger partial charge in [-0.1, -0.05) is 6.07 Å². The van der Waals surface area contributed by atoms with Crippen molar-refractivity contribution in [3.8, 4) is 6.07 Å². The van der Waals surface area contributed by atoms with Crippen molar-refractivity contribution < 1.29 is 9.59 Å². The van der Waals surface area contributed by atoms with Crippen LogP contribution in [0.2, 0.25) is 0 Å². The van der Waals surface area contributed by atoms with Gasteiger partial charge in [-0.2, -0.15) is 5.26 Å². The summed E-state index contributed by atoms with van der Waals surface area (Å²) >= 11 is 0. The average Bonchev–Trinajstić information content (AvgIpc) is 3.12. The van der Waals surface area contributed by atoms with Crippen molar-refractivity contribution in [2.24, 2.45) is 12.5 Å². The molecule has 2 fully saturated rings. The van der Waals surface area contributed by atoms with E-state index in [1.807, 2.05) is 28.0 Å². The zero-order chi connectivity index (χ0) is 20.4. The molecule has 1 spiro atoms.